The largest absolute Gasteiger partial charge is 0.339 e. The van der Waals surface area contributed by atoms with Gasteiger partial charge in [0.1, 0.15) is 0 Å². The Hall–Kier alpha value is -2.14. The molecule has 0 saturated carbocycles. The minimum absolute atomic E-state index is 0.0912. The Balaban J connectivity index is 1.66. The Bertz CT molecular complexity index is 657. The molecular formula is C19H26N4O. The molecule has 1 aromatic heterocycles. The van der Waals surface area contributed by atoms with Crippen LogP contribution in [0.3, 0.4) is 0 Å². The summed E-state index contributed by atoms with van der Waals surface area (Å²) in [4.78, 5) is 17.0. The summed E-state index contributed by atoms with van der Waals surface area (Å²) in [5, 5.41) is 4.21. The number of hydrogen-bond donors (Lipinski definition) is 0. The van der Waals surface area contributed by atoms with Crippen LogP contribution in [-0.2, 0) is 0 Å². The molecule has 5 nitrogen and oxygen atoms in total. The van der Waals surface area contributed by atoms with Gasteiger partial charge in [-0.2, -0.15) is 5.10 Å². The number of hydrogen-bond acceptors (Lipinski definition) is 3. The molecule has 2 aromatic rings. The molecule has 1 fully saturated rings. The van der Waals surface area contributed by atoms with Gasteiger partial charge in [-0.15, -0.1) is 0 Å². The number of aromatic nitrogens is 2. The van der Waals surface area contributed by atoms with E-state index in [0.29, 0.717) is 5.92 Å². The van der Waals surface area contributed by atoms with Gasteiger partial charge in [0.15, 0.2) is 0 Å². The second-order valence-electron chi connectivity index (χ2n) is 6.79. The molecule has 0 N–H and O–H groups in total. The van der Waals surface area contributed by atoms with Crippen molar-refractivity contribution in [3.8, 4) is 5.69 Å². The number of carbonyl (C=O) groups is 1. The highest BCUT2D eigenvalue weighted by atomic mass is 16.2. The second kappa shape index (κ2) is 7.18. The van der Waals surface area contributed by atoms with Gasteiger partial charge in [-0.25, -0.2) is 4.68 Å². The third-order valence-electron chi connectivity index (χ3n) is 5.26. The highest BCUT2D eigenvalue weighted by molar-refractivity contribution is 5.94. The molecule has 1 amide bonds. The van der Waals surface area contributed by atoms with E-state index in [1.807, 2.05) is 48.5 Å². The van der Waals surface area contributed by atoms with E-state index in [0.717, 1.165) is 37.2 Å². The predicted molar refractivity (Wildman–Crippen MR) is 95.3 cm³/mol. The van der Waals surface area contributed by atoms with E-state index in [4.69, 9.17) is 0 Å². The van der Waals surface area contributed by atoms with Crippen LogP contribution >= 0.6 is 0 Å². The third kappa shape index (κ3) is 3.51. The molecule has 1 atom stereocenters. The van der Waals surface area contributed by atoms with Crippen molar-refractivity contribution in [2.24, 2.45) is 5.92 Å². The SMILES string of the molecule is C[C@@H](C1CCN(C)CC1)N(C)C(=O)c1ccc(-n2cccn2)cc1. The number of amides is 1. The van der Waals surface area contributed by atoms with E-state index in [1.165, 1.54) is 0 Å². The predicted octanol–water partition coefficient (Wildman–Crippen LogP) is 2.67. The molecule has 0 aliphatic carbocycles. The standard InChI is InChI=1S/C19H26N4O/c1-15(16-9-13-21(2)14-10-16)22(3)19(24)17-5-7-18(8-6-17)23-12-4-11-20-23/h4-8,11-12,15-16H,9-10,13-14H2,1-3H3/t15-/m0/s1. The molecule has 5 heteroatoms. The lowest BCUT2D eigenvalue weighted by atomic mass is 9.89. The average Bonchev–Trinajstić information content (AvgIpc) is 3.15. The minimum atomic E-state index is 0.0912. The van der Waals surface area contributed by atoms with E-state index in [1.54, 1.807) is 10.9 Å². The zero-order valence-corrected chi connectivity index (χ0v) is 14.7. The lowest BCUT2D eigenvalue weighted by Gasteiger charge is -2.37. The minimum Gasteiger partial charge on any atom is -0.339 e. The van der Waals surface area contributed by atoms with Gasteiger partial charge < -0.3 is 9.80 Å². The molecule has 0 radical (unpaired) electrons. The first-order valence-electron chi connectivity index (χ1n) is 8.62. The monoisotopic (exact) mass is 326 g/mol. The maximum atomic E-state index is 12.8. The second-order valence-corrected chi connectivity index (χ2v) is 6.79. The maximum Gasteiger partial charge on any atom is 0.253 e. The van der Waals surface area contributed by atoms with Crippen LogP contribution in [0, 0.1) is 5.92 Å². The van der Waals surface area contributed by atoms with Crippen molar-refractivity contribution >= 4 is 5.91 Å². The van der Waals surface area contributed by atoms with Gasteiger partial charge in [0, 0.05) is 31.0 Å². The summed E-state index contributed by atoms with van der Waals surface area (Å²) in [6.07, 6.45) is 5.96. The van der Waals surface area contributed by atoms with Gasteiger partial charge in [-0.1, -0.05) is 0 Å². The van der Waals surface area contributed by atoms with E-state index >= 15 is 0 Å². The zero-order chi connectivity index (χ0) is 17.1. The fraction of sp³-hybridized carbons (Fsp3) is 0.474. The maximum absolute atomic E-state index is 12.8. The lowest BCUT2D eigenvalue weighted by Crippen LogP contribution is -2.44. The van der Waals surface area contributed by atoms with E-state index in [-0.39, 0.29) is 11.9 Å². The molecule has 3 rings (SSSR count). The first-order valence-corrected chi connectivity index (χ1v) is 8.62. The van der Waals surface area contributed by atoms with E-state index in [2.05, 4.69) is 24.0 Å². The molecule has 1 saturated heterocycles. The lowest BCUT2D eigenvalue weighted by molar-refractivity contribution is 0.0636. The third-order valence-corrected chi connectivity index (χ3v) is 5.26. The first kappa shape index (κ1) is 16.7. The molecule has 0 spiro atoms. The fourth-order valence-electron chi connectivity index (χ4n) is 3.39. The summed E-state index contributed by atoms with van der Waals surface area (Å²) in [5.41, 5.74) is 1.69. The summed E-state index contributed by atoms with van der Waals surface area (Å²) in [6, 6.07) is 9.80. The average molecular weight is 326 g/mol. The molecule has 2 heterocycles. The summed E-state index contributed by atoms with van der Waals surface area (Å²) in [6.45, 7) is 4.41. The highest BCUT2D eigenvalue weighted by Crippen LogP contribution is 2.24. The van der Waals surface area contributed by atoms with Gasteiger partial charge in [0.2, 0.25) is 0 Å². The number of likely N-dealkylation sites (tertiary alicyclic amines) is 1. The zero-order valence-electron chi connectivity index (χ0n) is 14.7. The van der Waals surface area contributed by atoms with Crippen molar-refractivity contribution in [2.75, 3.05) is 27.2 Å². The smallest absolute Gasteiger partial charge is 0.253 e. The summed E-state index contributed by atoms with van der Waals surface area (Å²) in [5.74, 6) is 0.673. The van der Waals surface area contributed by atoms with E-state index in [9.17, 15) is 4.79 Å². The number of piperidine rings is 1. The molecule has 0 bridgehead atoms. The van der Waals surface area contributed by atoms with Crippen molar-refractivity contribution in [1.29, 1.82) is 0 Å². The Morgan fingerprint density at radius 3 is 2.50 bits per heavy atom. The first-order chi connectivity index (χ1) is 11.6. The van der Waals surface area contributed by atoms with Crippen molar-refractivity contribution in [3.63, 3.8) is 0 Å². The Kier molecular flexibility index (Phi) is 5.00. The molecular weight excluding hydrogens is 300 g/mol. The van der Waals surface area contributed by atoms with Crippen LogP contribution in [0.15, 0.2) is 42.7 Å². The molecule has 24 heavy (non-hydrogen) atoms. The molecule has 0 unspecified atom stereocenters. The van der Waals surface area contributed by atoms with Gasteiger partial charge in [0.25, 0.3) is 5.91 Å². The highest BCUT2D eigenvalue weighted by Gasteiger charge is 2.27. The van der Waals surface area contributed by atoms with Crippen LogP contribution in [0.1, 0.15) is 30.1 Å². The number of benzene rings is 1. The van der Waals surface area contributed by atoms with Gasteiger partial charge >= 0.3 is 0 Å². The topological polar surface area (TPSA) is 41.4 Å². The summed E-state index contributed by atoms with van der Waals surface area (Å²) >= 11 is 0. The Morgan fingerprint density at radius 2 is 1.92 bits per heavy atom. The summed E-state index contributed by atoms with van der Waals surface area (Å²) in [7, 11) is 4.09. The quantitative estimate of drug-likeness (QED) is 0.867. The van der Waals surface area contributed by atoms with Crippen LogP contribution in [0.2, 0.25) is 0 Å². The molecule has 1 aliphatic heterocycles. The number of rotatable bonds is 4. The van der Waals surface area contributed by atoms with Gasteiger partial charge in [-0.05, 0) is 76.2 Å². The van der Waals surface area contributed by atoms with Crippen LogP contribution < -0.4 is 0 Å². The molecule has 128 valence electrons. The summed E-state index contributed by atoms with van der Waals surface area (Å²) < 4.78 is 1.79. The van der Waals surface area contributed by atoms with Crippen molar-refractivity contribution in [1.82, 2.24) is 19.6 Å². The van der Waals surface area contributed by atoms with Crippen LogP contribution in [0.5, 0.6) is 0 Å². The van der Waals surface area contributed by atoms with Crippen LogP contribution in [-0.4, -0.2) is 58.7 Å². The van der Waals surface area contributed by atoms with Crippen LogP contribution in [0.4, 0.5) is 0 Å². The molecule has 1 aliphatic rings. The Morgan fingerprint density at radius 1 is 1.25 bits per heavy atom. The van der Waals surface area contributed by atoms with Crippen molar-refractivity contribution < 1.29 is 4.79 Å². The van der Waals surface area contributed by atoms with Crippen molar-refractivity contribution in [2.45, 2.75) is 25.8 Å². The fourth-order valence-corrected chi connectivity index (χ4v) is 3.39. The normalized spacial score (nSPS) is 17.6. The Labute approximate surface area is 143 Å². The number of carbonyl (C=O) groups excluding carboxylic acids is 1. The molecule has 1 aromatic carbocycles. The number of nitrogens with zero attached hydrogens (tertiary/aromatic N) is 4. The van der Waals surface area contributed by atoms with E-state index < -0.39 is 0 Å². The van der Waals surface area contributed by atoms with Gasteiger partial charge in [0.05, 0.1) is 5.69 Å². The van der Waals surface area contributed by atoms with Gasteiger partial charge in [-0.3, -0.25) is 4.79 Å². The van der Waals surface area contributed by atoms with Crippen molar-refractivity contribution in [3.05, 3.63) is 48.3 Å². The van der Waals surface area contributed by atoms with Crippen LogP contribution in [0.25, 0.3) is 5.69 Å².